The normalized spacial score (nSPS) is 7.92. The fourth-order valence-electron chi connectivity index (χ4n) is 0.715. The van der Waals surface area contributed by atoms with Crippen LogP contribution >= 0.6 is 0 Å². The molecule has 0 bridgehead atoms. The molecule has 68 valence electrons. The molecule has 0 radical (unpaired) electrons. The Hall–Kier alpha value is -1.95. The van der Waals surface area contributed by atoms with Crippen molar-refractivity contribution in [3.8, 4) is 18.6 Å². The average Bonchev–Trinajstić information content (AvgIpc) is 2.21. The number of methoxy groups -OCH3 is 1. The molecule has 13 heavy (non-hydrogen) atoms. The lowest BCUT2D eigenvalue weighted by atomic mass is 10.2. The number of esters is 1. The summed E-state index contributed by atoms with van der Waals surface area (Å²) >= 11 is 0. The van der Waals surface area contributed by atoms with E-state index in [-0.39, 0.29) is 5.75 Å². The van der Waals surface area contributed by atoms with E-state index in [1.807, 2.05) is 0 Å². The van der Waals surface area contributed by atoms with E-state index < -0.39 is 5.97 Å². The van der Waals surface area contributed by atoms with Crippen molar-refractivity contribution in [2.75, 3.05) is 7.11 Å². The van der Waals surface area contributed by atoms with E-state index in [9.17, 15) is 4.79 Å². The second-order valence-corrected chi connectivity index (χ2v) is 2.04. The molecule has 1 aromatic rings. The van der Waals surface area contributed by atoms with Crippen molar-refractivity contribution in [3.05, 3.63) is 29.8 Å². The van der Waals surface area contributed by atoms with Crippen LogP contribution in [0.5, 0.6) is 5.75 Å². The highest BCUT2D eigenvalue weighted by Crippen LogP contribution is 2.09. The molecule has 0 aromatic heterocycles. The Morgan fingerprint density at radius 1 is 1.31 bits per heavy atom. The maximum absolute atomic E-state index is 10.8. The van der Waals surface area contributed by atoms with E-state index in [0.717, 1.165) is 0 Å². The Labute approximate surface area is 77.0 Å². The van der Waals surface area contributed by atoms with Gasteiger partial charge in [-0.15, -0.1) is 12.8 Å². The summed E-state index contributed by atoms with van der Waals surface area (Å²) < 4.78 is 4.46. The van der Waals surface area contributed by atoms with Crippen LogP contribution in [-0.4, -0.2) is 18.2 Å². The van der Waals surface area contributed by atoms with Gasteiger partial charge in [0.25, 0.3) is 0 Å². The molecule has 0 fully saturated rings. The third-order valence-corrected chi connectivity index (χ3v) is 1.29. The van der Waals surface area contributed by atoms with E-state index in [1.54, 1.807) is 0 Å². The van der Waals surface area contributed by atoms with Crippen molar-refractivity contribution in [1.29, 1.82) is 0 Å². The van der Waals surface area contributed by atoms with Gasteiger partial charge < -0.3 is 9.84 Å². The minimum absolute atomic E-state index is 0.137. The Kier molecular flexibility index (Phi) is 4.82. The molecule has 1 aromatic carbocycles. The lowest BCUT2D eigenvalue weighted by Crippen LogP contribution is -1.99. The van der Waals surface area contributed by atoms with Gasteiger partial charge in [0.05, 0.1) is 12.7 Å². The Balaban J connectivity index is 0.000000671. The second kappa shape index (κ2) is 5.67. The first kappa shape index (κ1) is 11.1. The van der Waals surface area contributed by atoms with Crippen LogP contribution in [0.4, 0.5) is 0 Å². The van der Waals surface area contributed by atoms with Crippen LogP contribution in [0.1, 0.15) is 10.4 Å². The second-order valence-electron chi connectivity index (χ2n) is 2.04. The van der Waals surface area contributed by atoms with Crippen molar-refractivity contribution in [2.45, 2.75) is 0 Å². The van der Waals surface area contributed by atoms with Crippen LogP contribution in [-0.2, 0) is 4.74 Å². The van der Waals surface area contributed by atoms with Crippen molar-refractivity contribution in [2.24, 2.45) is 0 Å². The quantitative estimate of drug-likeness (QED) is 0.522. The molecule has 3 heteroatoms. The summed E-state index contributed by atoms with van der Waals surface area (Å²) in [5.41, 5.74) is 0.435. The number of aromatic hydroxyl groups is 1. The van der Waals surface area contributed by atoms with E-state index in [2.05, 4.69) is 17.6 Å². The Morgan fingerprint density at radius 3 is 2.15 bits per heavy atom. The van der Waals surface area contributed by atoms with Crippen molar-refractivity contribution in [3.63, 3.8) is 0 Å². The number of hydrogen-bond acceptors (Lipinski definition) is 3. The number of carbonyl (C=O) groups is 1. The first-order chi connectivity index (χ1) is 6.24. The lowest BCUT2D eigenvalue weighted by Gasteiger charge is -1.97. The summed E-state index contributed by atoms with van der Waals surface area (Å²) in [6, 6.07) is 5.88. The van der Waals surface area contributed by atoms with Gasteiger partial charge in [0.1, 0.15) is 5.75 Å². The molecule has 0 saturated heterocycles. The number of terminal acetylenes is 1. The SMILES string of the molecule is C#C.COC(=O)c1ccc(O)cc1. The van der Waals surface area contributed by atoms with Gasteiger partial charge >= 0.3 is 5.97 Å². The topological polar surface area (TPSA) is 46.5 Å². The standard InChI is InChI=1S/C8H8O3.C2H2/c1-11-8(10)6-2-4-7(9)5-3-6;1-2/h2-5,9H,1H3;1-2H. The third-order valence-electron chi connectivity index (χ3n) is 1.29. The smallest absolute Gasteiger partial charge is 0.337 e. The monoisotopic (exact) mass is 178 g/mol. The van der Waals surface area contributed by atoms with Crippen LogP contribution in [0.3, 0.4) is 0 Å². The van der Waals surface area contributed by atoms with Crippen LogP contribution in [0.25, 0.3) is 0 Å². The summed E-state index contributed by atoms with van der Waals surface area (Å²) in [5.74, 6) is -0.261. The molecule has 1 N–H and O–H groups in total. The maximum Gasteiger partial charge on any atom is 0.337 e. The molecule has 0 aliphatic rings. The summed E-state index contributed by atoms with van der Waals surface area (Å²) in [4.78, 5) is 10.8. The molecule has 0 aliphatic heterocycles. The largest absolute Gasteiger partial charge is 0.508 e. The molecule has 0 atom stereocenters. The molecule has 0 saturated carbocycles. The fraction of sp³-hybridized carbons (Fsp3) is 0.100. The van der Waals surface area contributed by atoms with Crippen LogP contribution in [0.15, 0.2) is 24.3 Å². The van der Waals surface area contributed by atoms with Gasteiger partial charge in [0, 0.05) is 0 Å². The molecule has 0 amide bonds. The van der Waals surface area contributed by atoms with Crippen LogP contribution < -0.4 is 0 Å². The van der Waals surface area contributed by atoms with Gasteiger partial charge in [-0.05, 0) is 24.3 Å². The lowest BCUT2D eigenvalue weighted by molar-refractivity contribution is 0.0601. The molecule has 1 rings (SSSR count). The van der Waals surface area contributed by atoms with Gasteiger partial charge in [0.2, 0.25) is 0 Å². The maximum atomic E-state index is 10.8. The van der Waals surface area contributed by atoms with E-state index in [4.69, 9.17) is 5.11 Å². The molecular formula is C10H10O3. The summed E-state index contributed by atoms with van der Waals surface area (Å²) in [7, 11) is 1.31. The van der Waals surface area contributed by atoms with Gasteiger partial charge in [-0.1, -0.05) is 0 Å². The van der Waals surface area contributed by atoms with E-state index in [1.165, 1.54) is 31.4 Å². The third kappa shape index (κ3) is 3.30. The molecule has 0 spiro atoms. The van der Waals surface area contributed by atoms with E-state index >= 15 is 0 Å². The van der Waals surface area contributed by atoms with Crippen molar-refractivity contribution in [1.82, 2.24) is 0 Å². The predicted octanol–water partition coefficient (Wildman–Crippen LogP) is 1.43. The average molecular weight is 178 g/mol. The number of hydrogen-bond donors (Lipinski definition) is 1. The zero-order valence-electron chi connectivity index (χ0n) is 7.23. The van der Waals surface area contributed by atoms with Crippen LogP contribution in [0.2, 0.25) is 0 Å². The minimum Gasteiger partial charge on any atom is -0.508 e. The first-order valence-electron chi connectivity index (χ1n) is 3.44. The number of phenolic OH excluding ortho intramolecular Hbond substituents is 1. The number of rotatable bonds is 1. The highest BCUT2D eigenvalue weighted by Gasteiger charge is 2.02. The zero-order chi connectivity index (χ0) is 10.3. The molecule has 0 heterocycles. The summed E-state index contributed by atoms with van der Waals surface area (Å²) in [6.07, 6.45) is 8.00. The molecular weight excluding hydrogens is 168 g/mol. The minimum atomic E-state index is -0.398. The highest BCUT2D eigenvalue weighted by molar-refractivity contribution is 5.89. The zero-order valence-corrected chi connectivity index (χ0v) is 7.23. The number of carbonyl (C=O) groups excluding carboxylic acids is 1. The van der Waals surface area contributed by atoms with Gasteiger partial charge in [-0.2, -0.15) is 0 Å². The predicted molar refractivity (Wildman–Crippen MR) is 49.3 cm³/mol. The van der Waals surface area contributed by atoms with Gasteiger partial charge in [-0.3, -0.25) is 0 Å². The fourth-order valence-corrected chi connectivity index (χ4v) is 0.715. The summed E-state index contributed by atoms with van der Waals surface area (Å²) in [5, 5.41) is 8.86. The van der Waals surface area contributed by atoms with Crippen LogP contribution in [0, 0.1) is 12.8 Å². The summed E-state index contributed by atoms with van der Waals surface area (Å²) in [6.45, 7) is 0. The van der Waals surface area contributed by atoms with Crippen molar-refractivity contribution >= 4 is 5.97 Å². The van der Waals surface area contributed by atoms with Gasteiger partial charge in [-0.25, -0.2) is 4.79 Å². The number of phenols is 1. The Bertz CT molecular complexity index is 285. The van der Waals surface area contributed by atoms with Crippen molar-refractivity contribution < 1.29 is 14.6 Å². The molecule has 0 aliphatic carbocycles. The van der Waals surface area contributed by atoms with Gasteiger partial charge in [0.15, 0.2) is 0 Å². The Morgan fingerprint density at radius 2 is 1.77 bits per heavy atom. The van der Waals surface area contributed by atoms with E-state index in [0.29, 0.717) is 5.56 Å². The number of benzene rings is 1. The number of ether oxygens (including phenoxy) is 1. The first-order valence-corrected chi connectivity index (χ1v) is 3.44. The molecule has 0 unspecified atom stereocenters. The highest BCUT2D eigenvalue weighted by atomic mass is 16.5. The molecule has 3 nitrogen and oxygen atoms in total.